The van der Waals surface area contributed by atoms with Crippen LogP contribution in [0.4, 0.5) is 5.69 Å². The van der Waals surface area contributed by atoms with E-state index in [1.54, 1.807) is 36.2 Å². The van der Waals surface area contributed by atoms with E-state index in [2.05, 4.69) is 10.2 Å². The van der Waals surface area contributed by atoms with Crippen LogP contribution < -0.4 is 10.2 Å². The highest BCUT2D eigenvalue weighted by Crippen LogP contribution is 2.19. The summed E-state index contributed by atoms with van der Waals surface area (Å²) >= 11 is 5.93. The molecule has 0 bridgehead atoms. The first-order valence-corrected chi connectivity index (χ1v) is 10.2. The van der Waals surface area contributed by atoms with Crippen LogP contribution in [0.2, 0.25) is 5.02 Å². The molecule has 1 N–H and O–H groups in total. The molecule has 0 atom stereocenters. The lowest BCUT2D eigenvalue weighted by atomic mass is 10.2. The fourth-order valence-corrected chi connectivity index (χ4v) is 3.42. The molecule has 0 radical (unpaired) electrons. The van der Waals surface area contributed by atoms with Gasteiger partial charge in [-0.05, 0) is 36.4 Å². The number of anilines is 1. The van der Waals surface area contributed by atoms with Crippen molar-refractivity contribution < 1.29 is 14.4 Å². The van der Waals surface area contributed by atoms with Crippen molar-refractivity contribution in [3.05, 3.63) is 65.2 Å². The van der Waals surface area contributed by atoms with Crippen LogP contribution in [0.1, 0.15) is 10.4 Å². The molecule has 1 aliphatic heterocycles. The molecule has 2 aromatic rings. The standard InChI is InChI=1S/C22H25ClN4O3/c1-25(22(30)17-5-3-2-4-6-17)16-20(28)24-15-21(29)27-13-11-26(12-14-27)19-9-7-18(23)8-10-19/h2-10H,11-16H2,1H3,(H,24,28). The highest BCUT2D eigenvalue weighted by molar-refractivity contribution is 6.30. The summed E-state index contributed by atoms with van der Waals surface area (Å²) in [6, 6.07) is 16.4. The van der Waals surface area contributed by atoms with Gasteiger partial charge in [0.1, 0.15) is 0 Å². The molecule has 0 aliphatic carbocycles. The van der Waals surface area contributed by atoms with Crippen molar-refractivity contribution in [3.63, 3.8) is 0 Å². The van der Waals surface area contributed by atoms with E-state index in [0.29, 0.717) is 23.7 Å². The van der Waals surface area contributed by atoms with Crippen molar-refractivity contribution in [2.45, 2.75) is 0 Å². The summed E-state index contributed by atoms with van der Waals surface area (Å²) in [5, 5.41) is 3.31. The Hall–Kier alpha value is -3.06. The van der Waals surface area contributed by atoms with Gasteiger partial charge in [-0.3, -0.25) is 14.4 Å². The van der Waals surface area contributed by atoms with Crippen LogP contribution in [0.15, 0.2) is 54.6 Å². The SMILES string of the molecule is CN(CC(=O)NCC(=O)N1CCN(c2ccc(Cl)cc2)CC1)C(=O)c1ccccc1. The van der Waals surface area contributed by atoms with Gasteiger partial charge in [0.05, 0.1) is 13.1 Å². The number of rotatable bonds is 6. The minimum atomic E-state index is -0.366. The summed E-state index contributed by atoms with van der Waals surface area (Å²) in [5.41, 5.74) is 1.59. The zero-order chi connectivity index (χ0) is 21.5. The fourth-order valence-electron chi connectivity index (χ4n) is 3.30. The summed E-state index contributed by atoms with van der Waals surface area (Å²) in [6.45, 7) is 2.43. The minimum Gasteiger partial charge on any atom is -0.368 e. The van der Waals surface area contributed by atoms with Gasteiger partial charge in [-0.1, -0.05) is 29.8 Å². The van der Waals surface area contributed by atoms with Gasteiger partial charge in [-0.2, -0.15) is 0 Å². The molecule has 2 aromatic carbocycles. The third kappa shape index (κ3) is 5.73. The Morgan fingerprint density at radius 1 is 0.967 bits per heavy atom. The molecule has 8 heteroatoms. The summed E-state index contributed by atoms with van der Waals surface area (Å²) in [4.78, 5) is 42.1. The first-order chi connectivity index (χ1) is 14.4. The fraction of sp³-hybridized carbons (Fsp3) is 0.318. The van der Waals surface area contributed by atoms with Gasteiger partial charge in [0.2, 0.25) is 11.8 Å². The highest BCUT2D eigenvalue weighted by atomic mass is 35.5. The Morgan fingerprint density at radius 3 is 2.23 bits per heavy atom. The normalized spacial score (nSPS) is 13.7. The van der Waals surface area contributed by atoms with E-state index in [9.17, 15) is 14.4 Å². The maximum Gasteiger partial charge on any atom is 0.254 e. The topological polar surface area (TPSA) is 73.0 Å². The Kier molecular flexibility index (Phi) is 7.30. The van der Waals surface area contributed by atoms with Gasteiger partial charge < -0.3 is 20.0 Å². The number of nitrogens with zero attached hydrogens (tertiary/aromatic N) is 3. The summed E-state index contributed by atoms with van der Waals surface area (Å²) < 4.78 is 0. The van der Waals surface area contributed by atoms with E-state index in [1.165, 1.54) is 4.90 Å². The molecule has 1 heterocycles. The number of amides is 3. The molecule has 7 nitrogen and oxygen atoms in total. The van der Waals surface area contributed by atoms with Crippen LogP contribution in [0.5, 0.6) is 0 Å². The number of piperazine rings is 1. The van der Waals surface area contributed by atoms with Crippen molar-refractivity contribution in [1.82, 2.24) is 15.1 Å². The zero-order valence-electron chi connectivity index (χ0n) is 16.9. The van der Waals surface area contributed by atoms with Gasteiger partial charge in [-0.15, -0.1) is 0 Å². The molecular formula is C22H25ClN4O3. The van der Waals surface area contributed by atoms with Crippen LogP contribution in [-0.4, -0.2) is 73.8 Å². The van der Waals surface area contributed by atoms with Gasteiger partial charge >= 0.3 is 0 Å². The highest BCUT2D eigenvalue weighted by Gasteiger charge is 2.22. The second-order valence-corrected chi connectivity index (χ2v) is 7.58. The van der Waals surface area contributed by atoms with Gasteiger partial charge in [0.15, 0.2) is 0 Å². The van der Waals surface area contributed by atoms with Gasteiger partial charge in [0.25, 0.3) is 5.91 Å². The van der Waals surface area contributed by atoms with E-state index in [-0.39, 0.29) is 30.8 Å². The van der Waals surface area contributed by atoms with Crippen molar-refractivity contribution in [2.75, 3.05) is 51.2 Å². The second-order valence-electron chi connectivity index (χ2n) is 7.15. The lowest BCUT2D eigenvalue weighted by molar-refractivity contribution is -0.133. The van der Waals surface area contributed by atoms with Gasteiger partial charge in [-0.25, -0.2) is 0 Å². The largest absolute Gasteiger partial charge is 0.368 e. The Balaban J connectivity index is 1.40. The number of hydrogen-bond acceptors (Lipinski definition) is 4. The smallest absolute Gasteiger partial charge is 0.254 e. The number of likely N-dealkylation sites (N-methyl/N-ethyl adjacent to an activating group) is 1. The number of hydrogen-bond donors (Lipinski definition) is 1. The molecule has 0 spiro atoms. The number of nitrogens with one attached hydrogen (secondary N) is 1. The van der Waals surface area contributed by atoms with Crippen LogP contribution in [-0.2, 0) is 9.59 Å². The second kappa shape index (κ2) is 10.1. The molecule has 30 heavy (non-hydrogen) atoms. The average Bonchev–Trinajstić information content (AvgIpc) is 2.78. The maximum absolute atomic E-state index is 12.4. The van der Waals surface area contributed by atoms with Crippen molar-refractivity contribution in [2.24, 2.45) is 0 Å². The Bertz CT molecular complexity index is 881. The lowest BCUT2D eigenvalue weighted by Gasteiger charge is -2.36. The van der Waals surface area contributed by atoms with E-state index in [0.717, 1.165) is 18.8 Å². The lowest BCUT2D eigenvalue weighted by Crippen LogP contribution is -2.51. The third-order valence-electron chi connectivity index (χ3n) is 5.01. The molecule has 0 saturated carbocycles. The molecule has 3 rings (SSSR count). The van der Waals surface area contributed by atoms with Crippen LogP contribution >= 0.6 is 11.6 Å². The van der Waals surface area contributed by atoms with Crippen molar-refractivity contribution >= 4 is 35.0 Å². The first-order valence-electron chi connectivity index (χ1n) is 9.79. The Labute approximate surface area is 181 Å². The van der Waals surface area contributed by atoms with Crippen LogP contribution in [0.25, 0.3) is 0 Å². The third-order valence-corrected chi connectivity index (χ3v) is 5.26. The molecule has 3 amide bonds. The average molecular weight is 429 g/mol. The van der Waals surface area contributed by atoms with Crippen LogP contribution in [0, 0.1) is 0 Å². The van der Waals surface area contributed by atoms with E-state index in [4.69, 9.17) is 11.6 Å². The van der Waals surface area contributed by atoms with Crippen molar-refractivity contribution in [1.29, 1.82) is 0 Å². The zero-order valence-corrected chi connectivity index (χ0v) is 17.6. The quantitative estimate of drug-likeness (QED) is 0.762. The summed E-state index contributed by atoms with van der Waals surface area (Å²) in [6.07, 6.45) is 0. The number of carbonyl (C=O) groups is 3. The Morgan fingerprint density at radius 2 is 1.60 bits per heavy atom. The van der Waals surface area contributed by atoms with E-state index in [1.807, 2.05) is 30.3 Å². The number of benzene rings is 2. The van der Waals surface area contributed by atoms with E-state index >= 15 is 0 Å². The van der Waals surface area contributed by atoms with Crippen LogP contribution in [0.3, 0.4) is 0 Å². The van der Waals surface area contributed by atoms with Crippen molar-refractivity contribution in [3.8, 4) is 0 Å². The maximum atomic E-state index is 12.4. The number of carbonyl (C=O) groups excluding carboxylic acids is 3. The molecule has 1 fully saturated rings. The predicted octanol–water partition coefficient (Wildman–Crippen LogP) is 1.88. The number of halogens is 1. The summed E-state index contributed by atoms with van der Waals surface area (Å²) in [5.74, 6) is -0.735. The monoisotopic (exact) mass is 428 g/mol. The summed E-state index contributed by atoms with van der Waals surface area (Å²) in [7, 11) is 1.56. The molecule has 1 aliphatic rings. The van der Waals surface area contributed by atoms with E-state index < -0.39 is 0 Å². The molecule has 0 aromatic heterocycles. The molecular weight excluding hydrogens is 404 g/mol. The molecule has 158 valence electrons. The van der Waals surface area contributed by atoms with Gasteiger partial charge in [0, 0.05) is 49.5 Å². The first kappa shape index (κ1) is 21.6. The predicted molar refractivity (Wildman–Crippen MR) is 117 cm³/mol. The molecule has 1 saturated heterocycles. The minimum absolute atomic E-state index is 0.0762. The molecule has 0 unspecified atom stereocenters.